The fourth-order valence-electron chi connectivity index (χ4n) is 3.46. The number of nitrogens with one attached hydrogen (secondary N) is 1. The highest BCUT2D eigenvalue weighted by atomic mass is 32.2. The van der Waals surface area contributed by atoms with Crippen LogP contribution < -0.4 is 10.2 Å². The van der Waals surface area contributed by atoms with Crippen molar-refractivity contribution in [2.75, 3.05) is 10.7 Å². The van der Waals surface area contributed by atoms with Gasteiger partial charge in [0.05, 0.1) is 18.0 Å². The Morgan fingerprint density at radius 3 is 2.57 bits per heavy atom. The van der Waals surface area contributed by atoms with Crippen LogP contribution in [0, 0.1) is 13.8 Å². The van der Waals surface area contributed by atoms with Crippen molar-refractivity contribution in [2.24, 2.45) is 0 Å². The molecule has 0 unspecified atom stereocenters. The first-order valence-corrected chi connectivity index (χ1v) is 11.0. The summed E-state index contributed by atoms with van der Waals surface area (Å²) in [6, 6.07) is 21.8. The number of anilines is 1. The Balaban J connectivity index is 1.55. The van der Waals surface area contributed by atoms with E-state index in [1.54, 1.807) is 4.90 Å². The van der Waals surface area contributed by atoms with E-state index in [0.717, 1.165) is 27.3 Å². The maximum absolute atomic E-state index is 12.7. The van der Waals surface area contributed by atoms with E-state index in [0.29, 0.717) is 24.4 Å². The van der Waals surface area contributed by atoms with E-state index in [1.807, 2.05) is 80.6 Å². The van der Waals surface area contributed by atoms with Crippen molar-refractivity contribution in [1.29, 1.82) is 0 Å². The summed E-state index contributed by atoms with van der Waals surface area (Å²) < 4.78 is 0. The van der Waals surface area contributed by atoms with Crippen LogP contribution in [-0.4, -0.2) is 17.6 Å². The number of hydrogen-bond acceptors (Lipinski definition) is 3. The third-order valence-corrected chi connectivity index (χ3v) is 6.38. The summed E-state index contributed by atoms with van der Waals surface area (Å²) in [6.45, 7) is 5.07. The minimum absolute atomic E-state index is 0.0629. The second-order valence-electron chi connectivity index (χ2n) is 7.55. The smallest absolute Gasteiger partial charge is 0.251 e. The molecule has 4 nitrogen and oxygen atoms in total. The number of aryl methyl sites for hydroxylation is 2. The van der Waals surface area contributed by atoms with Gasteiger partial charge in [-0.05, 0) is 48.7 Å². The van der Waals surface area contributed by atoms with Gasteiger partial charge in [0, 0.05) is 17.0 Å². The highest BCUT2D eigenvalue weighted by Crippen LogP contribution is 2.37. The van der Waals surface area contributed by atoms with Crippen LogP contribution >= 0.6 is 11.8 Å². The fourth-order valence-corrected chi connectivity index (χ4v) is 4.38. The van der Waals surface area contributed by atoms with Crippen molar-refractivity contribution in [2.45, 2.75) is 31.8 Å². The highest BCUT2D eigenvalue weighted by Gasteiger charge is 2.26. The topological polar surface area (TPSA) is 49.4 Å². The van der Waals surface area contributed by atoms with Crippen molar-refractivity contribution in [3.05, 3.63) is 94.5 Å². The third kappa shape index (κ3) is 4.41. The van der Waals surface area contributed by atoms with Crippen LogP contribution in [-0.2, 0) is 17.9 Å². The Kier molecular flexibility index (Phi) is 5.91. The number of fused-ring (bicyclic) bond motifs is 1. The molecule has 0 saturated heterocycles. The van der Waals surface area contributed by atoms with Crippen LogP contribution in [0.15, 0.2) is 71.6 Å². The van der Waals surface area contributed by atoms with E-state index in [4.69, 9.17) is 0 Å². The van der Waals surface area contributed by atoms with Crippen molar-refractivity contribution >= 4 is 29.3 Å². The minimum atomic E-state index is -0.141. The van der Waals surface area contributed by atoms with Gasteiger partial charge >= 0.3 is 0 Å². The zero-order valence-corrected chi connectivity index (χ0v) is 18.0. The third-order valence-electron chi connectivity index (χ3n) is 5.33. The van der Waals surface area contributed by atoms with E-state index >= 15 is 0 Å². The Labute approximate surface area is 181 Å². The fraction of sp³-hybridized carbons (Fsp3) is 0.200. The Morgan fingerprint density at radius 1 is 1.03 bits per heavy atom. The Morgan fingerprint density at radius 2 is 1.80 bits per heavy atom. The molecule has 0 atom stereocenters. The standard InChI is InChI=1S/C25H24N2O2S/c1-17-7-9-19(10-8-17)14-26-25(29)20-11-12-23-22(13-20)27(24(28)16-30-23)15-21-6-4-3-5-18(21)2/h3-13H,14-16H2,1-2H3,(H,26,29). The monoisotopic (exact) mass is 416 g/mol. The van der Waals surface area contributed by atoms with Gasteiger partial charge in [0.1, 0.15) is 0 Å². The predicted molar refractivity (Wildman–Crippen MR) is 122 cm³/mol. The largest absolute Gasteiger partial charge is 0.348 e. The minimum Gasteiger partial charge on any atom is -0.348 e. The molecule has 0 bridgehead atoms. The van der Waals surface area contributed by atoms with Crippen LogP contribution in [0.2, 0.25) is 0 Å². The van der Waals surface area contributed by atoms with Gasteiger partial charge < -0.3 is 10.2 Å². The SMILES string of the molecule is Cc1ccc(CNC(=O)c2ccc3c(c2)N(Cc2ccccc2C)C(=O)CS3)cc1. The molecule has 3 aromatic rings. The van der Waals surface area contributed by atoms with Crippen LogP contribution in [0.4, 0.5) is 5.69 Å². The lowest BCUT2D eigenvalue weighted by Gasteiger charge is -2.30. The summed E-state index contributed by atoms with van der Waals surface area (Å²) in [5.74, 6) is 0.336. The number of thioether (sulfide) groups is 1. The molecule has 30 heavy (non-hydrogen) atoms. The van der Waals surface area contributed by atoms with Gasteiger partial charge in [0.2, 0.25) is 5.91 Å². The normalized spacial score (nSPS) is 13.1. The van der Waals surface area contributed by atoms with Crippen molar-refractivity contribution in [3.8, 4) is 0 Å². The zero-order valence-electron chi connectivity index (χ0n) is 17.1. The van der Waals surface area contributed by atoms with Crippen LogP contribution in [0.3, 0.4) is 0 Å². The van der Waals surface area contributed by atoms with Crippen LogP contribution in [0.5, 0.6) is 0 Å². The average molecular weight is 417 g/mol. The summed E-state index contributed by atoms with van der Waals surface area (Å²) in [7, 11) is 0. The maximum atomic E-state index is 12.7. The molecule has 0 aliphatic carbocycles. The number of nitrogens with zero attached hydrogens (tertiary/aromatic N) is 1. The Hall–Kier alpha value is -3.05. The van der Waals surface area contributed by atoms with E-state index in [-0.39, 0.29) is 11.8 Å². The number of carbonyl (C=O) groups is 2. The molecule has 1 aliphatic rings. The molecule has 4 rings (SSSR count). The van der Waals surface area contributed by atoms with E-state index in [1.165, 1.54) is 17.3 Å². The van der Waals surface area contributed by atoms with Gasteiger partial charge in [-0.1, -0.05) is 54.1 Å². The molecule has 2 amide bonds. The molecular weight excluding hydrogens is 392 g/mol. The highest BCUT2D eigenvalue weighted by molar-refractivity contribution is 8.00. The molecule has 1 N–H and O–H groups in total. The molecular formula is C25H24N2O2S. The molecule has 1 heterocycles. The molecule has 0 spiro atoms. The number of amides is 2. The van der Waals surface area contributed by atoms with Gasteiger partial charge in [-0.3, -0.25) is 9.59 Å². The van der Waals surface area contributed by atoms with Gasteiger partial charge in [-0.25, -0.2) is 0 Å². The van der Waals surface area contributed by atoms with Crippen LogP contribution in [0.1, 0.15) is 32.6 Å². The maximum Gasteiger partial charge on any atom is 0.251 e. The lowest BCUT2D eigenvalue weighted by molar-refractivity contribution is -0.116. The number of carbonyl (C=O) groups excluding carboxylic acids is 2. The molecule has 152 valence electrons. The number of hydrogen-bond donors (Lipinski definition) is 1. The molecule has 1 aliphatic heterocycles. The van der Waals surface area contributed by atoms with Crippen molar-refractivity contribution in [3.63, 3.8) is 0 Å². The molecule has 0 saturated carbocycles. The molecule has 5 heteroatoms. The number of benzene rings is 3. The van der Waals surface area contributed by atoms with Gasteiger partial charge in [0.15, 0.2) is 0 Å². The summed E-state index contributed by atoms with van der Waals surface area (Å²) in [6.07, 6.45) is 0. The average Bonchev–Trinajstić information content (AvgIpc) is 2.76. The number of rotatable bonds is 5. The molecule has 0 aromatic heterocycles. The van der Waals surface area contributed by atoms with Crippen molar-refractivity contribution in [1.82, 2.24) is 5.32 Å². The summed E-state index contributed by atoms with van der Waals surface area (Å²) in [4.78, 5) is 28.3. The first kappa shape index (κ1) is 20.2. The van der Waals surface area contributed by atoms with E-state index < -0.39 is 0 Å². The summed E-state index contributed by atoms with van der Waals surface area (Å²) in [5, 5.41) is 2.98. The second kappa shape index (κ2) is 8.76. The lowest BCUT2D eigenvalue weighted by atomic mass is 10.1. The summed E-state index contributed by atoms with van der Waals surface area (Å²) >= 11 is 1.52. The summed E-state index contributed by atoms with van der Waals surface area (Å²) in [5.41, 5.74) is 5.87. The van der Waals surface area contributed by atoms with Crippen LogP contribution in [0.25, 0.3) is 0 Å². The van der Waals surface area contributed by atoms with Gasteiger partial charge in [-0.15, -0.1) is 11.8 Å². The van der Waals surface area contributed by atoms with E-state index in [2.05, 4.69) is 5.32 Å². The second-order valence-corrected chi connectivity index (χ2v) is 8.56. The Bertz CT molecular complexity index is 1090. The van der Waals surface area contributed by atoms with E-state index in [9.17, 15) is 9.59 Å². The van der Waals surface area contributed by atoms with Gasteiger partial charge in [-0.2, -0.15) is 0 Å². The molecule has 0 radical (unpaired) electrons. The van der Waals surface area contributed by atoms with Crippen molar-refractivity contribution < 1.29 is 9.59 Å². The first-order valence-electron chi connectivity index (χ1n) is 9.97. The van der Waals surface area contributed by atoms with Gasteiger partial charge in [0.25, 0.3) is 5.91 Å². The quantitative estimate of drug-likeness (QED) is 0.645. The lowest BCUT2D eigenvalue weighted by Crippen LogP contribution is -2.35. The molecule has 3 aromatic carbocycles. The molecule has 0 fully saturated rings. The first-order chi connectivity index (χ1) is 14.5. The predicted octanol–water partition coefficient (Wildman–Crippen LogP) is 4.87. The zero-order chi connectivity index (χ0) is 21.1.